The fourth-order valence-electron chi connectivity index (χ4n) is 17.1. The van der Waals surface area contributed by atoms with E-state index in [1.807, 2.05) is 0 Å². The summed E-state index contributed by atoms with van der Waals surface area (Å²) in [5.74, 6) is 0. The molecule has 9 aromatic rings. The Morgan fingerprint density at radius 1 is 0.348 bits per heavy atom. The standard InChI is InChI=1S/C64H60N2/c1-5-41-13-17-45-47-19-15-43(35-55(47)63-27-7-23-61(63,24-8-28-63)53(45)33-41)65-57-21-11-39(3)31-49(57)51-38-60-52(37-59(51)65)50-32-40(4)12-22-58(50)66(60)44-16-20-48-46-18-14-42(6-2)34-54(46)62-25-9-29-64(62,30-10-26-62)56(48)36-44/h11-22,31-38H,5-10,23-30H2,1-4H3/t61-,62-,63+,64+. The summed E-state index contributed by atoms with van der Waals surface area (Å²) in [6, 6.07) is 49.8. The highest BCUT2D eigenvalue weighted by Gasteiger charge is 2.63. The zero-order chi connectivity index (χ0) is 43.9. The molecule has 0 atom stereocenters. The summed E-state index contributed by atoms with van der Waals surface area (Å²) in [6.07, 6.45) is 18.0. The van der Waals surface area contributed by atoms with Gasteiger partial charge in [-0.2, -0.15) is 0 Å². The summed E-state index contributed by atoms with van der Waals surface area (Å²) in [7, 11) is 0. The molecule has 7 aromatic carbocycles. The molecule has 0 aliphatic heterocycles. The van der Waals surface area contributed by atoms with E-state index >= 15 is 0 Å². The van der Waals surface area contributed by atoms with E-state index in [9.17, 15) is 0 Å². The topological polar surface area (TPSA) is 9.86 Å². The number of aryl methyl sites for hydroxylation is 4. The van der Waals surface area contributed by atoms with E-state index in [2.05, 4.69) is 158 Å². The van der Waals surface area contributed by atoms with Crippen LogP contribution in [0, 0.1) is 13.8 Å². The molecule has 6 aliphatic rings. The number of aromatic nitrogens is 2. The van der Waals surface area contributed by atoms with Crippen LogP contribution in [0.2, 0.25) is 0 Å². The summed E-state index contributed by atoms with van der Waals surface area (Å²) in [5, 5.41) is 5.38. The van der Waals surface area contributed by atoms with Gasteiger partial charge in [0.05, 0.1) is 22.1 Å². The van der Waals surface area contributed by atoms with Crippen LogP contribution >= 0.6 is 0 Å². The van der Waals surface area contributed by atoms with Crippen LogP contribution in [0.15, 0.2) is 121 Å². The maximum atomic E-state index is 2.67. The number of hydrogen-bond acceptors (Lipinski definition) is 0. The van der Waals surface area contributed by atoms with Crippen molar-refractivity contribution < 1.29 is 0 Å². The number of hydrogen-bond donors (Lipinski definition) is 0. The van der Waals surface area contributed by atoms with Crippen LogP contribution in [0.3, 0.4) is 0 Å². The van der Waals surface area contributed by atoms with E-state index in [4.69, 9.17) is 0 Å². The van der Waals surface area contributed by atoms with Crippen molar-refractivity contribution in [2.75, 3.05) is 0 Å². The van der Waals surface area contributed by atoms with Crippen molar-refractivity contribution in [1.29, 1.82) is 0 Å². The van der Waals surface area contributed by atoms with Crippen LogP contribution in [-0.4, -0.2) is 9.13 Å². The SMILES string of the molecule is CCc1ccc2c(c1)[C@]13CCC[C@]1(CCC3)c1cc(-n3c4ccc(C)cc4c4cc5c(cc43)c3cc(C)ccc3n5-c3ccc4c(c3)[C@]35CCC[C@]3(CCC5)c3cc(CC)ccc3-4)ccc1-2. The molecular weight excluding hydrogens is 797 g/mol. The molecule has 2 heterocycles. The summed E-state index contributed by atoms with van der Waals surface area (Å²) in [4.78, 5) is 0. The molecule has 0 N–H and O–H groups in total. The van der Waals surface area contributed by atoms with E-state index in [1.165, 1.54) is 177 Å². The number of benzene rings is 7. The van der Waals surface area contributed by atoms with Crippen LogP contribution in [0.4, 0.5) is 0 Å². The largest absolute Gasteiger partial charge is 0.309 e. The Kier molecular flexibility index (Phi) is 7.52. The van der Waals surface area contributed by atoms with Gasteiger partial charge in [0.2, 0.25) is 0 Å². The molecule has 66 heavy (non-hydrogen) atoms. The smallest absolute Gasteiger partial charge is 0.0548 e. The predicted molar refractivity (Wildman–Crippen MR) is 276 cm³/mol. The summed E-state index contributed by atoms with van der Waals surface area (Å²) < 4.78 is 5.28. The fraction of sp³-hybridized carbons (Fsp3) is 0.344. The normalized spacial score (nSPS) is 25.5. The zero-order valence-electron chi connectivity index (χ0n) is 39.3. The lowest BCUT2D eigenvalue weighted by atomic mass is 9.55. The van der Waals surface area contributed by atoms with Crippen molar-refractivity contribution in [1.82, 2.24) is 9.13 Å². The highest BCUT2D eigenvalue weighted by molar-refractivity contribution is 6.19. The number of nitrogens with zero attached hydrogens (tertiary/aromatic N) is 2. The lowest BCUT2D eigenvalue weighted by Crippen LogP contribution is -2.43. The molecule has 326 valence electrons. The van der Waals surface area contributed by atoms with E-state index in [-0.39, 0.29) is 21.7 Å². The predicted octanol–water partition coefficient (Wildman–Crippen LogP) is 16.7. The van der Waals surface area contributed by atoms with Gasteiger partial charge in [0.1, 0.15) is 0 Å². The van der Waals surface area contributed by atoms with Gasteiger partial charge >= 0.3 is 0 Å². The molecular formula is C64H60N2. The first-order chi connectivity index (χ1) is 32.3. The van der Waals surface area contributed by atoms with Gasteiger partial charge in [0, 0.05) is 54.6 Å². The Bertz CT molecular complexity index is 3360. The van der Waals surface area contributed by atoms with Crippen LogP contribution in [0.5, 0.6) is 0 Å². The van der Waals surface area contributed by atoms with Gasteiger partial charge in [-0.25, -0.2) is 0 Å². The first-order valence-electron chi connectivity index (χ1n) is 25.9. The molecule has 6 aliphatic carbocycles. The van der Waals surface area contributed by atoms with Crippen molar-refractivity contribution in [3.05, 3.63) is 166 Å². The van der Waals surface area contributed by atoms with E-state index < -0.39 is 0 Å². The Hall–Kier alpha value is -5.86. The van der Waals surface area contributed by atoms with Crippen molar-refractivity contribution >= 4 is 43.6 Å². The third-order valence-electron chi connectivity index (χ3n) is 19.8. The van der Waals surface area contributed by atoms with Crippen LogP contribution < -0.4 is 0 Å². The molecule has 4 saturated carbocycles. The second-order valence-electron chi connectivity index (χ2n) is 22.3. The Balaban J connectivity index is 0.978. The molecule has 0 unspecified atom stereocenters. The molecule has 0 amide bonds. The molecule has 4 fully saturated rings. The molecule has 15 rings (SSSR count). The van der Waals surface area contributed by atoms with Gasteiger partial charge in [0.25, 0.3) is 0 Å². The van der Waals surface area contributed by atoms with Gasteiger partial charge in [0.15, 0.2) is 0 Å². The van der Waals surface area contributed by atoms with Crippen LogP contribution in [0.1, 0.15) is 135 Å². The third-order valence-corrected chi connectivity index (χ3v) is 19.8. The molecule has 2 aromatic heterocycles. The summed E-state index contributed by atoms with van der Waals surface area (Å²) in [6.45, 7) is 9.17. The summed E-state index contributed by atoms with van der Waals surface area (Å²) >= 11 is 0. The van der Waals surface area contributed by atoms with E-state index in [1.54, 1.807) is 22.3 Å². The lowest BCUT2D eigenvalue weighted by Gasteiger charge is -2.48. The van der Waals surface area contributed by atoms with Gasteiger partial charge < -0.3 is 9.13 Å². The molecule has 2 heteroatoms. The van der Waals surface area contributed by atoms with Gasteiger partial charge in [-0.15, -0.1) is 0 Å². The Morgan fingerprint density at radius 3 is 1.05 bits per heavy atom. The van der Waals surface area contributed by atoms with Crippen molar-refractivity contribution in [2.24, 2.45) is 0 Å². The second kappa shape index (κ2) is 13.0. The average Bonchev–Trinajstić information content (AvgIpc) is 4.19. The van der Waals surface area contributed by atoms with E-state index in [0.717, 1.165) is 12.8 Å². The van der Waals surface area contributed by atoms with Gasteiger partial charge in [-0.05, 0) is 194 Å². The van der Waals surface area contributed by atoms with Crippen molar-refractivity contribution in [3.63, 3.8) is 0 Å². The highest BCUT2D eigenvalue weighted by Crippen LogP contribution is 2.71. The minimum Gasteiger partial charge on any atom is -0.309 e. The zero-order valence-corrected chi connectivity index (χ0v) is 39.3. The van der Waals surface area contributed by atoms with E-state index in [0.29, 0.717) is 0 Å². The molecule has 0 radical (unpaired) electrons. The molecule has 0 saturated heterocycles. The third kappa shape index (κ3) is 4.47. The quantitative estimate of drug-likeness (QED) is 0.167. The summed E-state index contributed by atoms with van der Waals surface area (Å²) in [5.41, 5.74) is 26.9. The lowest BCUT2D eigenvalue weighted by molar-refractivity contribution is 0.299. The second-order valence-corrected chi connectivity index (χ2v) is 22.3. The molecule has 0 bridgehead atoms. The minimum absolute atomic E-state index is 0.219. The molecule has 0 spiro atoms. The van der Waals surface area contributed by atoms with Crippen molar-refractivity contribution in [2.45, 2.75) is 139 Å². The van der Waals surface area contributed by atoms with Crippen LogP contribution in [-0.2, 0) is 34.5 Å². The fourth-order valence-corrected chi connectivity index (χ4v) is 17.1. The molecule has 2 nitrogen and oxygen atoms in total. The van der Waals surface area contributed by atoms with Gasteiger partial charge in [-0.3, -0.25) is 0 Å². The van der Waals surface area contributed by atoms with Gasteiger partial charge in [-0.1, -0.05) is 111 Å². The average molecular weight is 857 g/mol. The van der Waals surface area contributed by atoms with Crippen molar-refractivity contribution in [3.8, 4) is 33.6 Å². The Labute approximate surface area is 389 Å². The first-order valence-corrected chi connectivity index (χ1v) is 25.9. The Morgan fingerprint density at radius 2 is 0.682 bits per heavy atom. The van der Waals surface area contributed by atoms with Crippen LogP contribution in [0.25, 0.3) is 77.2 Å². The maximum absolute atomic E-state index is 2.67. The highest BCUT2D eigenvalue weighted by atomic mass is 15.0. The number of fused-ring (bicyclic) bond motifs is 12. The maximum Gasteiger partial charge on any atom is 0.0548 e. The number of rotatable bonds is 4. The minimum atomic E-state index is 0.219. The first kappa shape index (κ1) is 38.3. The monoisotopic (exact) mass is 856 g/mol.